The maximum Gasteiger partial charge on any atom is 0.419 e. The Hall–Kier alpha value is -3.49. The maximum absolute atomic E-state index is 13.3. The molecule has 0 saturated heterocycles. The number of hydrogen-bond donors (Lipinski definition) is 1. The third-order valence-corrected chi connectivity index (χ3v) is 4.39. The molecule has 0 unspecified atom stereocenters. The lowest BCUT2D eigenvalue weighted by molar-refractivity contribution is -0.135. The highest BCUT2D eigenvalue weighted by atomic mass is 19.4. The Kier molecular flexibility index (Phi) is 4.21. The van der Waals surface area contributed by atoms with Gasteiger partial charge < -0.3 is 19.6 Å². The highest BCUT2D eigenvalue weighted by Gasteiger charge is 2.35. The van der Waals surface area contributed by atoms with E-state index in [2.05, 4.69) is 10.1 Å². The van der Waals surface area contributed by atoms with Gasteiger partial charge in [0.15, 0.2) is 5.82 Å². The van der Waals surface area contributed by atoms with Crippen molar-refractivity contribution in [3.63, 3.8) is 0 Å². The fourth-order valence-electron chi connectivity index (χ4n) is 3.14. The second-order valence-electron chi connectivity index (χ2n) is 6.12. The van der Waals surface area contributed by atoms with Gasteiger partial charge in [0.2, 0.25) is 0 Å². The van der Waals surface area contributed by atoms with E-state index in [-0.39, 0.29) is 23.5 Å². The van der Waals surface area contributed by atoms with Crippen LogP contribution in [0.4, 0.5) is 18.9 Å². The average molecular weight is 388 g/mol. The number of nitrogens with zero attached hydrogens (tertiary/aromatic N) is 3. The van der Waals surface area contributed by atoms with Crippen LogP contribution in [-0.2, 0) is 12.7 Å². The molecule has 0 atom stereocenters. The number of nitrogen functional groups attached to an aromatic ring is 1. The van der Waals surface area contributed by atoms with Gasteiger partial charge >= 0.3 is 6.18 Å². The van der Waals surface area contributed by atoms with Crippen molar-refractivity contribution in [2.24, 2.45) is 0 Å². The molecule has 2 heterocycles. The van der Waals surface area contributed by atoms with Crippen molar-refractivity contribution in [2.45, 2.75) is 12.7 Å². The summed E-state index contributed by atoms with van der Waals surface area (Å²) in [5, 5.41) is 3.96. The quantitative estimate of drug-likeness (QED) is 0.526. The number of alkyl halides is 3. The van der Waals surface area contributed by atoms with Crippen LogP contribution in [0.15, 0.2) is 53.2 Å². The van der Waals surface area contributed by atoms with Gasteiger partial charge in [0.1, 0.15) is 5.75 Å². The summed E-state index contributed by atoms with van der Waals surface area (Å²) in [6.45, 7) is 0.142. The topological polar surface area (TPSA) is 79.1 Å². The number of hydrogen-bond acceptors (Lipinski definition) is 5. The van der Waals surface area contributed by atoms with Crippen LogP contribution < -0.4 is 10.5 Å². The van der Waals surface area contributed by atoms with E-state index in [1.807, 2.05) is 12.1 Å². The van der Waals surface area contributed by atoms with E-state index in [1.165, 1.54) is 19.2 Å². The molecule has 0 saturated carbocycles. The molecule has 6 nitrogen and oxygen atoms in total. The summed E-state index contributed by atoms with van der Waals surface area (Å²) >= 11 is 0. The number of aromatic nitrogens is 3. The monoisotopic (exact) mass is 388 g/mol. The van der Waals surface area contributed by atoms with Gasteiger partial charge in [-0.15, -0.1) is 0 Å². The molecule has 2 N–H and O–H groups in total. The molecule has 2 aromatic carbocycles. The SMILES string of the molecule is COc1ccccc1-c1nc(Cn2ccc3c(C(F)(F)F)c(N)ccc32)no1. The summed E-state index contributed by atoms with van der Waals surface area (Å²) in [6, 6.07) is 11.3. The molecule has 0 aliphatic rings. The molecule has 2 aromatic heterocycles. The number of ether oxygens (including phenoxy) is 1. The fourth-order valence-corrected chi connectivity index (χ4v) is 3.14. The third kappa shape index (κ3) is 3.04. The number of para-hydroxylation sites is 1. The van der Waals surface area contributed by atoms with Crippen molar-refractivity contribution < 1.29 is 22.4 Å². The Morgan fingerprint density at radius 3 is 2.68 bits per heavy atom. The van der Waals surface area contributed by atoms with Crippen molar-refractivity contribution in [3.05, 3.63) is 60.0 Å². The first-order chi connectivity index (χ1) is 13.4. The molecule has 0 aliphatic heterocycles. The predicted octanol–water partition coefficient (Wildman–Crippen LogP) is 4.35. The number of nitrogens with two attached hydrogens (primary N) is 1. The summed E-state index contributed by atoms with van der Waals surface area (Å²) < 4.78 is 52.2. The molecule has 4 rings (SSSR count). The van der Waals surface area contributed by atoms with Gasteiger partial charge in [0.05, 0.1) is 24.8 Å². The standard InChI is InChI=1S/C19H15F3N4O2/c1-27-15-5-3-2-4-12(15)18-24-16(25-28-18)10-26-9-8-11-14(26)7-6-13(23)17(11)19(20,21)22/h2-9H,10,23H2,1H3. The summed E-state index contributed by atoms with van der Waals surface area (Å²) in [6.07, 6.45) is -3.00. The van der Waals surface area contributed by atoms with Crippen LogP contribution in [0, 0.1) is 0 Å². The number of methoxy groups -OCH3 is 1. The van der Waals surface area contributed by atoms with Crippen molar-refractivity contribution in [3.8, 4) is 17.2 Å². The van der Waals surface area contributed by atoms with E-state index in [4.69, 9.17) is 15.0 Å². The van der Waals surface area contributed by atoms with Crippen molar-refractivity contribution >= 4 is 16.6 Å². The number of fused-ring (bicyclic) bond motifs is 1. The van der Waals surface area contributed by atoms with Crippen molar-refractivity contribution in [2.75, 3.05) is 12.8 Å². The van der Waals surface area contributed by atoms with Crippen LogP contribution in [-0.4, -0.2) is 21.8 Å². The number of halogens is 3. The third-order valence-electron chi connectivity index (χ3n) is 4.39. The Labute approximate surface area is 157 Å². The maximum atomic E-state index is 13.3. The fraction of sp³-hybridized carbons (Fsp3) is 0.158. The van der Waals surface area contributed by atoms with Gasteiger partial charge in [-0.1, -0.05) is 17.3 Å². The predicted molar refractivity (Wildman–Crippen MR) is 96.7 cm³/mol. The molecule has 0 amide bonds. The molecule has 0 spiro atoms. The molecular formula is C19H15F3N4O2. The zero-order valence-corrected chi connectivity index (χ0v) is 14.7. The first-order valence-electron chi connectivity index (χ1n) is 8.29. The van der Waals surface area contributed by atoms with E-state index in [0.29, 0.717) is 22.7 Å². The van der Waals surface area contributed by atoms with Gasteiger partial charge in [-0.05, 0) is 30.3 Å². The lowest BCUT2D eigenvalue weighted by atomic mass is 10.1. The molecule has 9 heteroatoms. The molecule has 0 fully saturated rings. The number of rotatable bonds is 4. The van der Waals surface area contributed by atoms with E-state index in [1.54, 1.807) is 29.0 Å². The lowest BCUT2D eigenvalue weighted by Crippen LogP contribution is -2.09. The highest BCUT2D eigenvalue weighted by molar-refractivity contribution is 5.88. The Morgan fingerprint density at radius 1 is 1.14 bits per heavy atom. The summed E-state index contributed by atoms with van der Waals surface area (Å²) in [5.41, 5.74) is 5.41. The second kappa shape index (κ2) is 6.59. The Bertz CT molecular complexity index is 1150. The smallest absolute Gasteiger partial charge is 0.419 e. The Balaban J connectivity index is 1.70. The van der Waals surface area contributed by atoms with Crippen LogP contribution >= 0.6 is 0 Å². The van der Waals surface area contributed by atoms with Crippen LogP contribution in [0.25, 0.3) is 22.4 Å². The summed E-state index contributed by atoms with van der Waals surface area (Å²) in [5.74, 6) is 1.17. The van der Waals surface area contributed by atoms with Crippen LogP contribution in [0.2, 0.25) is 0 Å². The minimum atomic E-state index is -4.54. The van der Waals surface area contributed by atoms with E-state index >= 15 is 0 Å². The molecule has 144 valence electrons. The minimum Gasteiger partial charge on any atom is -0.496 e. The normalized spacial score (nSPS) is 11.9. The van der Waals surface area contributed by atoms with Crippen molar-refractivity contribution in [1.82, 2.24) is 14.7 Å². The highest BCUT2D eigenvalue weighted by Crippen LogP contribution is 2.39. The van der Waals surface area contributed by atoms with Gasteiger partial charge in [0, 0.05) is 22.8 Å². The van der Waals surface area contributed by atoms with Gasteiger partial charge in [-0.2, -0.15) is 18.2 Å². The van der Waals surface area contributed by atoms with Crippen LogP contribution in [0.5, 0.6) is 5.75 Å². The molecule has 0 aliphatic carbocycles. The van der Waals surface area contributed by atoms with Gasteiger partial charge in [0.25, 0.3) is 5.89 Å². The zero-order chi connectivity index (χ0) is 19.9. The Morgan fingerprint density at radius 2 is 1.93 bits per heavy atom. The molecular weight excluding hydrogens is 373 g/mol. The zero-order valence-electron chi connectivity index (χ0n) is 14.7. The van der Waals surface area contributed by atoms with Crippen LogP contribution in [0.1, 0.15) is 11.4 Å². The minimum absolute atomic E-state index is 0.0287. The second-order valence-corrected chi connectivity index (χ2v) is 6.12. The molecule has 28 heavy (non-hydrogen) atoms. The van der Waals surface area contributed by atoms with E-state index in [9.17, 15) is 13.2 Å². The molecule has 4 aromatic rings. The van der Waals surface area contributed by atoms with E-state index in [0.717, 1.165) is 0 Å². The number of benzene rings is 2. The number of anilines is 1. The average Bonchev–Trinajstić information content (AvgIpc) is 3.28. The summed E-state index contributed by atoms with van der Waals surface area (Å²) in [4.78, 5) is 4.33. The van der Waals surface area contributed by atoms with E-state index < -0.39 is 11.7 Å². The lowest BCUT2D eigenvalue weighted by Gasteiger charge is -2.12. The first-order valence-corrected chi connectivity index (χ1v) is 8.29. The first kappa shape index (κ1) is 17.9. The van der Waals surface area contributed by atoms with Crippen LogP contribution in [0.3, 0.4) is 0 Å². The van der Waals surface area contributed by atoms with Crippen molar-refractivity contribution in [1.29, 1.82) is 0 Å². The van der Waals surface area contributed by atoms with Gasteiger partial charge in [-0.25, -0.2) is 0 Å². The van der Waals surface area contributed by atoms with Gasteiger partial charge in [-0.3, -0.25) is 0 Å². The molecule has 0 radical (unpaired) electrons. The molecule has 0 bridgehead atoms. The largest absolute Gasteiger partial charge is 0.496 e. The summed E-state index contributed by atoms with van der Waals surface area (Å²) in [7, 11) is 1.53.